The lowest BCUT2D eigenvalue weighted by molar-refractivity contribution is -0.130. The van der Waals surface area contributed by atoms with Crippen LogP contribution in [0, 0.1) is 11.3 Å². The van der Waals surface area contributed by atoms with Crippen molar-refractivity contribution in [1.29, 1.82) is 5.26 Å². The number of carbonyl (C=O) groups is 3. The monoisotopic (exact) mass is 527 g/mol. The number of carbonyl (C=O) groups excluding carboxylic acids is 3. The molecular weight excluding hydrogens is 498 g/mol. The van der Waals surface area contributed by atoms with Crippen molar-refractivity contribution in [1.82, 2.24) is 30.8 Å². The van der Waals surface area contributed by atoms with Gasteiger partial charge in [0.1, 0.15) is 6.04 Å². The van der Waals surface area contributed by atoms with Crippen molar-refractivity contribution < 1.29 is 14.4 Å². The zero-order valence-electron chi connectivity index (χ0n) is 21.5. The number of benzene rings is 2. The van der Waals surface area contributed by atoms with Gasteiger partial charge in [0.15, 0.2) is 5.82 Å². The fraction of sp³-hybridized carbons (Fsp3) is 0.370. The molecule has 2 heterocycles. The molecule has 12 heteroatoms. The third-order valence-electron chi connectivity index (χ3n) is 7.74. The molecule has 12 nitrogen and oxygen atoms in total. The van der Waals surface area contributed by atoms with Crippen LogP contribution in [0.4, 0.5) is 0 Å². The van der Waals surface area contributed by atoms with Gasteiger partial charge in [-0.3, -0.25) is 14.4 Å². The van der Waals surface area contributed by atoms with Crippen molar-refractivity contribution in [3.63, 3.8) is 0 Å². The lowest BCUT2D eigenvalue weighted by Crippen LogP contribution is -2.46. The van der Waals surface area contributed by atoms with Crippen LogP contribution in [0.1, 0.15) is 75.0 Å². The van der Waals surface area contributed by atoms with E-state index in [9.17, 15) is 19.6 Å². The molecule has 6 N–H and O–H groups in total. The number of hydrogen-bond acceptors (Lipinski definition) is 8. The highest BCUT2D eigenvalue weighted by Crippen LogP contribution is 2.48. The van der Waals surface area contributed by atoms with E-state index in [4.69, 9.17) is 11.5 Å². The molecule has 0 saturated carbocycles. The number of hydrogen-bond donors (Lipinski definition) is 4. The number of tetrazole rings is 1. The smallest absolute Gasteiger partial charge is 0.248 e. The average Bonchev–Trinajstić information content (AvgIpc) is 3.63. The van der Waals surface area contributed by atoms with Crippen molar-refractivity contribution in [2.24, 2.45) is 11.5 Å². The van der Waals surface area contributed by atoms with Gasteiger partial charge in [-0.2, -0.15) is 10.5 Å². The molecule has 1 aromatic heterocycles. The number of aromatic nitrogens is 4. The highest BCUT2D eigenvalue weighted by atomic mass is 16.2. The largest absolute Gasteiger partial charge is 0.366 e. The number of likely N-dealkylation sites (tertiary alicyclic amines) is 1. The molecule has 5 rings (SSSR count). The summed E-state index contributed by atoms with van der Waals surface area (Å²) in [6.07, 6.45) is 2.37. The van der Waals surface area contributed by atoms with Crippen molar-refractivity contribution in [3.8, 4) is 6.07 Å². The maximum atomic E-state index is 12.9. The summed E-state index contributed by atoms with van der Waals surface area (Å²) in [6, 6.07) is 12.2. The Morgan fingerprint density at radius 2 is 1.79 bits per heavy atom. The number of aromatic amines is 1. The number of nitrogens with two attached hydrogens (primary N) is 2. The molecular formula is C27H29N9O3. The zero-order chi connectivity index (χ0) is 27.7. The first kappa shape index (κ1) is 26.0. The van der Waals surface area contributed by atoms with Crippen LogP contribution in [-0.2, 0) is 16.6 Å². The van der Waals surface area contributed by atoms with E-state index >= 15 is 0 Å². The van der Waals surface area contributed by atoms with Crippen molar-refractivity contribution in [3.05, 3.63) is 75.6 Å². The van der Waals surface area contributed by atoms with Crippen LogP contribution in [0.3, 0.4) is 0 Å². The molecule has 0 spiro atoms. The van der Waals surface area contributed by atoms with E-state index < -0.39 is 23.3 Å². The normalized spacial score (nSPS) is 18.1. The number of H-pyrrole nitrogens is 1. The van der Waals surface area contributed by atoms with E-state index in [1.165, 1.54) is 0 Å². The Morgan fingerprint density at radius 1 is 1.15 bits per heavy atom. The van der Waals surface area contributed by atoms with Crippen molar-refractivity contribution in [2.45, 2.75) is 50.1 Å². The van der Waals surface area contributed by atoms with Gasteiger partial charge in [-0.15, -0.1) is 10.2 Å². The summed E-state index contributed by atoms with van der Waals surface area (Å²) in [7, 11) is 0. The fourth-order valence-corrected chi connectivity index (χ4v) is 5.96. The molecule has 2 atom stereocenters. The Kier molecular flexibility index (Phi) is 6.84. The van der Waals surface area contributed by atoms with Crippen LogP contribution >= 0.6 is 0 Å². The van der Waals surface area contributed by atoms with E-state index in [0.29, 0.717) is 42.8 Å². The third-order valence-corrected chi connectivity index (χ3v) is 7.74. The molecule has 0 radical (unpaired) electrons. The van der Waals surface area contributed by atoms with Crippen LogP contribution in [0.15, 0.2) is 36.4 Å². The van der Waals surface area contributed by atoms with Gasteiger partial charge in [0.25, 0.3) is 0 Å². The van der Waals surface area contributed by atoms with E-state index in [0.717, 1.165) is 28.7 Å². The van der Waals surface area contributed by atoms with E-state index in [-0.39, 0.29) is 18.5 Å². The first-order valence-electron chi connectivity index (χ1n) is 12.8. The number of rotatable bonds is 8. The van der Waals surface area contributed by atoms with Gasteiger partial charge in [-0.1, -0.05) is 17.3 Å². The fourth-order valence-electron chi connectivity index (χ4n) is 5.96. The third kappa shape index (κ3) is 4.61. The molecule has 1 aliphatic carbocycles. The molecule has 3 aromatic rings. The average molecular weight is 528 g/mol. The Morgan fingerprint density at radius 3 is 2.33 bits per heavy atom. The van der Waals surface area contributed by atoms with E-state index in [1.807, 2.05) is 19.1 Å². The number of nitriles is 1. The standard InChI is InChI=1S/C27H29N9O3/c1-15(31-14-23(37)36-8-2-3-20(36)13-28)12-27(26-32-34-35-33-26)21-6-4-16(24(29)38)9-18(21)11-19-10-17(25(30)39)5-7-22(19)27/h4-7,9-10,15,20,31H,2-3,8,11-12,14H2,1H3,(H2,29,38)(H2,30,39)(H,32,33,34,35)/t15-,20+/m1/s1. The second-order valence-corrected chi connectivity index (χ2v) is 10.2. The zero-order valence-corrected chi connectivity index (χ0v) is 21.5. The number of nitrogens with zero attached hydrogens (tertiary/aromatic N) is 5. The van der Waals surface area contributed by atoms with Gasteiger partial charge >= 0.3 is 0 Å². The summed E-state index contributed by atoms with van der Waals surface area (Å²) in [5.74, 6) is -0.815. The molecule has 3 amide bonds. The summed E-state index contributed by atoms with van der Waals surface area (Å²) in [5, 5.41) is 27.9. The first-order valence-corrected chi connectivity index (χ1v) is 12.8. The minimum Gasteiger partial charge on any atom is -0.366 e. The van der Waals surface area contributed by atoms with Crippen LogP contribution in [-0.4, -0.2) is 68.4 Å². The second kappa shape index (κ2) is 10.3. The van der Waals surface area contributed by atoms with Gasteiger partial charge in [-0.25, -0.2) is 0 Å². The topological polar surface area (TPSA) is 197 Å². The number of nitrogens with one attached hydrogen (secondary N) is 2. The Bertz CT molecular complexity index is 1410. The van der Waals surface area contributed by atoms with E-state index in [1.54, 1.807) is 29.2 Å². The number of primary amides is 2. The van der Waals surface area contributed by atoms with Gasteiger partial charge in [0, 0.05) is 23.7 Å². The maximum absolute atomic E-state index is 12.9. The predicted molar refractivity (Wildman–Crippen MR) is 139 cm³/mol. The SMILES string of the molecule is C[C@H](CC1(c2nn[nH]n2)c2ccc(C(N)=O)cc2Cc2cc(C(N)=O)ccc21)NCC(=O)N1CCC[C@H]1C#N. The van der Waals surface area contributed by atoms with Crippen LogP contribution in [0.2, 0.25) is 0 Å². The maximum Gasteiger partial charge on any atom is 0.248 e. The lowest BCUT2D eigenvalue weighted by atomic mass is 9.63. The summed E-state index contributed by atoms with van der Waals surface area (Å²) in [4.78, 5) is 38.5. The molecule has 39 heavy (non-hydrogen) atoms. The first-order chi connectivity index (χ1) is 18.7. The predicted octanol–water partition coefficient (Wildman–Crippen LogP) is 0.519. The quantitative estimate of drug-likeness (QED) is 0.325. The van der Waals surface area contributed by atoms with Crippen LogP contribution in [0.5, 0.6) is 0 Å². The minimum absolute atomic E-state index is 0.0720. The molecule has 1 saturated heterocycles. The summed E-state index contributed by atoms with van der Waals surface area (Å²) < 4.78 is 0. The molecule has 1 fully saturated rings. The van der Waals surface area contributed by atoms with Crippen molar-refractivity contribution in [2.75, 3.05) is 13.1 Å². The van der Waals surface area contributed by atoms with Gasteiger partial charge in [0.2, 0.25) is 17.7 Å². The Labute approximate surface area is 224 Å². The molecule has 0 bridgehead atoms. The van der Waals surface area contributed by atoms with Crippen LogP contribution < -0.4 is 16.8 Å². The number of fused-ring (bicyclic) bond motifs is 2. The summed E-state index contributed by atoms with van der Waals surface area (Å²) >= 11 is 0. The molecule has 1 aliphatic heterocycles. The Balaban J connectivity index is 1.56. The minimum atomic E-state index is -0.930. The highest BCUT2D eigenvalue weighted by Gasteiger charge is 2.46. The van der Waals surface area contributed by atoms with Crippen LogP contribution in [0.25, 0.3) is 0 Å². The second-order valence-electron chi connectivity index (χ2n) is 10.2. The summed E-state index contributed by atoms with van der Waals surface area (Å²) in [5.41, 5.74) is 14.4. The highest BCUT2D eigenvalue weighted by molar-refractivity contribution is 5.94. The van der Waals surface area contributed by atoms with Crippen molar-refractivity contribution >= 4 is 17.7 Å². The molecule has 2 aromatic carbocycles. The van der Waals surface area contributed by atoms with Gasteiger partial charge in [0.05, 0.1) is 18.0 Å². The molecule has 0 unspecified atom stereocenters. The summed E-state index contributed by atoms with van der Waals surface area (Å²) in [6.45, 7) is 2.61. The lowest BCUT2D eigenvalue weighted by Gasteiger charge is -2.41. The number of amides is 3. The Hall–Kier alpha value is -4.63. The van der Waals surface area contributed by atoms with Gasteiger partial charge in [-0.05, 0) is 79.1 Å². The molecule has 200 valence electrons. The van der Waals surface area contributed by atoms with Gasteiger partial charge < -0.3 is 21.7 Å². The molecule has 2 aliphatic rings. The van der Waals surface area contributed by atoms with E-state index in [2.05, 4.69) is 32.0 Å².